The molecule has 0 fully saturated rings. The molecule has 1 heterocycles. The van der Waals surface area contributed by atoms with E-state index in [4.69, 9.17) is 15.6 Å². The van der Waals surface area contributed by atoms with Gasteiger partial charge in [-0.25, -0.2) is 4.99 Å². The van der Waals surface area contributed by atoms with Gasteiger partial charge in [0.2, 0.25) is 0 Å². The van der Waals surface area contributed by atoms with Crippen molar-refractivity contribution >= 4 is 11.9 Å². The normalized spacial score (nSPS) is 16.5. The Balaban J connectivity index is 2.42. The number of aliphatic hydroxyl groups is 1. The summed E-state index contributed by atoms with van der Waals surface area (Å²) in [6, 6.07) is 0. The van der Waals surface area contributed by atoms with Crippen molar-refractivity contribution in [2.75, 3.05) is 19.9 Å². The first kappa shape index (κ1) is 21.9. The lowest BCUT2D eigenvalue weighted by atomic mass is 9.87. The second-order valence-electron chi connectivity index (χ2n) is 6.97. The molecule has 1 amide bonds. The number of aliphatic hydroxyl groups excluding tert-OH is 1. The molecule has 0 atom stereocenters. The first-order chi connectivity index (χ1) is 12.1. The highest BCUT2D eigenvalue weighted by Gasteiger charge is 2.46. The molecule has 0 spiro atoms. The van der Waals surface area contributed by atoms with Crippen LogP contribution in [0.1, 0.15) is 84.5 Å². The first-order valence-electron chi connectivity index (χ1n) is 9.97. The van der Waals surface area contributed by atoms with Crippen molar-refractivity contribution < 1.29 is 14.6 Å². The van der Waals surface area contributed by atoms with Crippen LogP contribution in [-0.2, 0) is 9.53 Å². The molecule has 0 radical (unpaired) electrons. The number of guanidine groups is 1. The predicted octanol–water partition coefficient (Wildman–Crippen LogP) is 3.18. The molecule has 1 rings (SSSR count). The van der Waals surface area contributed by atoms with Gasteiger partial charge in [-0.3, -0.25) is 9.69 Å². The molecular formula is C19H37N3O3. The molecule has 0 unspecified atom stereocenters. The Hall–Kier alpha value is -1.14. The summed E-state index contributed by atoms with van der Waals surface area (Å²) in [6.45, 7) is 5.36. The topological polar surface area (TPSA) is 88.2 Å². The van der Waals surface area contributed by atoms with E-state index in [1.54, 1.807) is 4.90 Å². The van der Waals surface area contributed by atoms with E-state index in [-0.39, 0.29) is 12.7 Å². The Morgan fingerprint density at radius 2 is 1.64 bits per heavy atom. The summed E-state index contributed by atoms with van der Waals surface area (Å²) < 4.78 is 4.91. The zero-order chi connectivity index (χ0) is 18.5. The second kappa shape index (κ2) is 12.3. The van der Waals surface area contributed by atoms with Crippen LogP contribution >= 0.6 is 0 Å². The molecule has 0 aromatic heterocycles. The second-order valence-corrected chi connectivity index (χ2v) is 6.97. The van der Waals surface area contributed by atoms with E-state index >= 15 is 0 Å². The standard InChI is InChI=1S/C19H37N3O3/c1-3-5-12-19(13-6-4-2)17(24)22(18(20)21-19)14-10-8-7-9-11-15-25-16-23/h23H,3-16H2,1-2H3,(H2,20,21). The molecular weight excluding hydrogens is 318 g/mol. The van der Waals surface area contributed by atoms with Gasteiger partial charge in [-0.1, -0.05) is 58.8 Å². The van der Waals surface area contributed by atoms with Crippen molar-refractivity contribution in [3.8, 4) is 0 Å². The number of unbranched alkanes of at least 4 members (excludes halogenated alkanes) is 6. The molecule has 146 valence electrons. The van der Waals surface area contributed by atoms with Crippen molar-refractivity contribution in [2.45, 2.75) is 90.0 Å². The highest BCUT2D eigenvalue weighted by atomic mass is 16.6. The minimum absolute atomic E-state index is 0.114. The molecule has 0 aromatic rings. The van der Waals surface area contributed by atoms with Crippen LogP contribution in [0.3, 0.4) is 0 Å². The fraction of sp³-hybridized carbons (Fsp3) is 0.895. The van der Waals surface area contributed by atoms with Gasteiger partial charge in [0.25, 0.3) is 5.91 Å². The number of nitrogens with zero attached hydrogens (tertiary/aromatic N) is 2. The zero-order valence-corrected chi connectivity index (χ0v) is 16.1. The van der Waals surface area contributed by atoms with E-state index in [1.807, 2.05) is 0 Å². The lowest BCUT2D eigenvalue weighted by molar-refractivity contribution is -0.131. The summed E-state index contributed by atoms with van der Waals surface area (Å²) >= 11 is 0. The number of nitrogens with two attached hydrogens (primary N) is 1. The van der Waals surface area contributed by atoms with Gasteiger partial charge in [0.05, 0.1) is 0 Å². The largest absolute Gasteiger partial charge is 0.371 e. The van der Waals surface area contributed by atoms with E-state index < -0.39 is 5.54 Å². The van der Waals surface area contributed by atoms with Gasteiger partial charge in [0.1, 0.15) is 12.3 Å². The average molecular weight is 356 g/mol. The van der Waals surface area contributed by atoms with Gasteiger partial charge in [-0.15, -0.1) is 0 Å². The monoisotopic (exact) mass is 355 g/mol. The van der Waals surface area contributed by atoms with Crippen molar-refractivity contribution in [2.24, 2.45) is 10.7 Å². The van der Waals surface area contributed by atoms with E-state index in [9.17, 15) is 4.79 Å². The summed E-state index contributed by atoms with van der Waals surface area (Å²) in [5, 5.41) is 8.55. The summed E-state index contributed by atoms with van der Waals surface area (Å²) in [6.07, 6.45) is 10.9. The maximum atomic E-state index is 13.0. The highest BCUT2D eigenvalue weighted by Crippen LogP contribution is 2.33. The van der Waals surface area contributed by atoms with Crippen LogP contribution in [0.2, 0.25) is 0 Å². The summed E-state index contributed by atoms with van der Waals surface area (Å²) in [5.41, 5.74) is 5.50. The van der Waals surface area contributed by atoms with Crippen LogP contribution in [-0.4, -0.2) is 47.4 Å². The summed E-state index contributed by atoms with van der Waals surface area (Å²) in [4.78, 5) is 19.3. The van der Waals surface area contributed by atoms with E-state index in [0.717, 1.165) is 70.6 Å². The van der Waals surface area contributed by atoms with Crippen molar-refractivity contribution in [3.05, 3.63) is 0 Å². The maximum Gasteiger partial charge on any atom is 0.257 e. The quantitative estimate of drug-likeness (QED) is 0.349. The van der Waals surface area contributed by atoms with E-state index in [1.165, 1.54) is 0 Å². The number of carbonyl (C=O) groups excluding carboxylic acids is 1. The molecule has 1 aliphatic rings. The molecule has 1 aliphatic heterocycles. The fourth-order valence-corrected chi connectivity index (χ4v) is 3.36. The third kappa shape index (κ3) is 6.94. The predicted molar refractivity (Wildman–Crippen MR) is 101 cm³/mol. The van der Waals surface area contributed by atoms with Crippen molar-refractivity contribution in [1.82, 2.24) is 4.90 Å². The SMILES string of the molecule is CCCCC1(CCCC)N=C(N)N(CCCCCCCOCO)C1=O. The Bertz CT molecular complexity index is 405. The molecule has 6 heteroatoms. The van der Waals surface area contributed by atoms with Gasteiger partial charge in [0, 0.05) is 13.2 Å². The first-order valence-corrected chi connectivity index (χ1v) is 9.97. The van der Waals surface area contributed by atoms with Gasteiger partial charge in [0.15, 0.2) is 5.96 Å². The Morgan fingerprint density at radius 1 is 1.04 bits per heavy atom. The van der Waals surface area contributed by atoms with Gasteiger partial charge in [-0.05, 0) is 25.7 Å². The molecule has 25 heavy (non-hydrogen) atoms. The number of hydrogen-bond donors (Lipinski definition) is 2. The Morgan fingerprint density at radius 3 is 2.24 bits per heavy atom. The number of rotatable bonds is 15. The molecule has 0 saturated carbocycles. The number of hydrogen-bond acceptors (Lipinski definition) is 5. The van der Waals surface area contributed by atoms with Crippen LogP contribution in [0.5, 0.6) is 0 Å². The third-order valence-electron chi connectivity index (χ3n) is 4.90. The lowest BCUT2D eigenvalue weighted by Gasteiger charge is -2.26. The number of aliphatic imine (C=N–C) groups is 1. The van der Waals surface area contributed by atoms with Gasteiger partial charge < -0.3 is 15.6 Å². The van der Waals surface area contributed by atoms with E-state index in [2.05, 4.69) is 18.8 Å². The van der Waals surface area contributed by atoms with Crippen LogP contribution < -0.4 is 5.73 Å². The van der Waals surface area contributed by atoms with Gasteiger partial charge >= 0.3 is 0 Å². The molecule has 6 nitrogen and oxygen atoms in total. The minimum atomic E-state index is -0.599. The third-order valence-corrected chi connectivity index (χ3v) is 4.90. The Kier molecular flexibility index (Phi) is 10.7. The molecule has 0 aliphatic carbocycles. The summed E-state index contributed by atoms with van der Waals surface area (Å²) in [5.74, 6) is 0.525. The minimum Gasteiger partial charge on any atom is -0.371 e. The maximum absolute atomic E-state index is 13.0. The lowest BCUT2D eigenvalue weighted by Crippen LogP contribution is -2.44. The van der Waals surface area contributed by atoms with Crippen LogP contribution in [0, 0.1) is 0 Å². The molecule has 0 saturated heterocycles. The Labute approximate surface area is 152 Å². The molecule has 3 N–H and O–H groups in total. The van der Waals surface area contributed by atoms with Gasteiger partial charge in [-0.2, -0.15) is 0 Å². The number of amides is 1. The van der Waals surface area contributed by atoms with Crippen LogP contribution in [0.25, 0.3) is 0 Å². The smallest absolute Gasteiger partial charge is 0.257 e. The number of carbonyl (C=O) groups is 1. The summed E-state index contributed by atoms with van der Waals surface area (Å²) in [7, 11) is 0. The van der Waals surface area contributed by atoms with E-state index in [0.29, 0.717) is 19.1 Å². The van der Waals surface area contributed by atoms with Crippen molar-refractivity contribution in [3.63, 3.8) is 0 Å². The van der Waals surface area contributed by atoms with Crippen LogP contribution in [0.4, 0.5) is 0 Å². The molecule has 0 aromatic carbocycles. The highest BCUT2D eigenvalue weighted by molar-refractivity contribution is 6.06. The van der Waals surface area contributed by atoms with Crippen LogP contribution in [0.15, 0.2) is 4.99 Å². The van der Waals surface area contributed by atoms with Crippen molar-refractivity contribution in [1.29, 1.82) is 0 Å². The average Bonchev–Trinajstić information content (AvgIpc) is 2.84. The number of ether oxygens (including phenoxy) is 1. The fourth-order valence-electron chi connectivity index (χ4n) is 3.36. The molecule has 0 bridgehead atoms. The zero-order valence-electron chi connectivity index (χ0n) is 16.1.